The molecule has 1 aliphatic carbocycles. The molecule has 0 heterocycles. The molecule has 21 heavy (non-hydrogen) atoms. The lowest BCUT2D eigenvalue weighted by Crippen LogP contribution is -2.43. The minimum absolute atomic E-state index is 0.476. The van der Waals surface area contributed by atoms with Crippen molar-refractivity contribution in [2.45, 2.75) is 38.5 Å². The smallest absolute Gasteiger partial charge is 0.321 e. The van der Waals surface area contributed by atoms with E-state index in [1.165, 1.54) is 19.9 Å². The number of benzene rings is 1. The molecule has 3 amide bonds. The SMILES string of the molecule is CNC(=O)NC(=O)C(C)Oc1cccc(CNC2CC2)c1. The predicted octanol–water partition coefficient (Wildman–Crippen LogP) is 1.16. The number of hydrogen-bond donors (Lipinski definition) is 3. The van der Waals surface area contributed by atoms with Gasteiger partial charge in [0.15, 0.2) is 6.10 Å². The zero-order valence-corrected chi connectivity index (χ0v) is 12.3. The molecule has 1 aliphatic rings. The molecule has 1 unspecified atom stereocenters. The van der Waals surface area contributed by atoms with Crippen LogP contribution in [0.1, 0.15) is 25.3 Å². The van der Waals surface area contributed by atoms with Crippen molar-refractivity contribution in [3.8, 4) is 5.75 Å². The molecule has 2 rings (SSSR count). The van der Waals surface area contributed by atoms with Crippen LogP contribution in [-0.4, -0.2) is 31.1 Å². The molecule has 3 N–H and O–H groups in total. The van der Waals surface area contributed by atoms with Gasteiger partial charge in [-0.1, -0.05) is 12.1 Å². The minimum atomic E-state index is -0.742. The van der Waals surface area contributed by atoms with Crippen molar-refractivity contribution in [3.05, 3.63) is 29.8 Å². The third-order valence-electron chi connectivity index (χ3n) is 3.22. The number of amides is 3. The highest BCUT2D eigenvalue weighted by molar-refractivity contribution is 5.96. The molecular formula is C15H21N3O3. The van der Waals surface area contributed by atoms with Crippen LogP contribution in [0.2, 0.25) is 0 Å². The predicted molar refractivity (Wildman–Crippen MR) is 79.0 cm³/mol. The molecule has 0 aliphatic heterocycles. The molecule has 1 aromatic rings. The van der Waals surface area contributed by atoms with Crippen molar-refractivity contribution in [1.82, 2.24) is 16.0 Å². The maximum atomic E-state index is 11.7. The van der Waals surface area contributed by atoms with Crippen LogP contribution in [0.25, 0.3) is 0 Å². The summed E-state index contributed by atoms with van der Waals surface area (Å²) in [7, 11) is 1.45. The Labute approximate surface area is 124 Å². The number of rotatable bonds is 6. The van der Waals surface area contributed by atoms with E-state index < -0.39 is 18.0 Å². The van der Waals surface area contributed by atoms with Gasteiger partial charge in [-0.3, -0.25) is 10.1 Å². The van der Waals surface area contributed by atoms with Crippen LogP contribution < -0.4 is 20.7 Å². The first-order valence-corrected chi connectivity index (χ1v) is 7.10. The fraction of sp³-hybridized carbons (Fsp3) is 0.467. The second-order valence-electron chi connectivity index (χ2n) is 5.13. The van der Waals surface area contributed by atoms with E-state index in [-0.39, 0.29) is 0 Å². The van der Waals surface area contributed by atoms with E-state index in [0.717, 1.165) is 12.1 Å². The number of hydrogen-bond acceptors (Lipinski definition) is 4. The highest BCUT2D eigenvalue weighted by atomic mass is 16.5. The van der Waals surface area contributed by atoms with Crippen LogP contribution in [0, 0.1) is 0 Å². The van der Waals surface area contributed by atoms with Crippen LogP contribution in [0.15, 0.2) is 24.3 Å². The van der Waals surface area contributed by atoms with Gasteiger partial charge in [0, 0.05) is 19.6 Å². The molecule has 6 heteroatoms. The van der Waals surface area contributed by atoms with Gasteiger partial charge in [-0.15, -0.1) is 0 Å². The van der Waals surface area contributed by atoms with Gasteiger partial charge in [0.05, 0.1) is 0 Å². The molecule has 0 bridgehead atoms. The first-order chi connectivity index (χ1) is 10.1. The highest BCUT2D eigenvalue weighted by Crippen LogP contribution is 2.20. The summed E-state index contributed by atoms with van der Waals surface area (Å²) in [5.41, 5.74) is 1.11. The van der Waals surface area contributed by atoms with Gasteiger partial charge in [0.25, 0.3) is 5.91 Å². The van der Waals surface area contributed by atoms with Crippen LogP contribution in [0.4, 0.5) is 4.79 Å². The van der Waals surface area contributed by atoms with E-state index in [1.807, 2.05) is 18.2 Å². The Morgan fingerprint density at radius 2 is 2.14 bits per heavy atom. The van der Waals surface area contributed by atoms with E-state index in [0.29, 0.717) is 11.8 Å². The summed E-state index contributed by atoms with van der Waals surface area (Å²) in [5.74, 6) is 0.139. The van der Waals surface area contributed by atoms with E-state index in [4.69, 9.17) is 4.74 Å². The molecule has 1 fully saturated rings. The monoisotopic (exact) mass is 291 g/mol. The average molecular weight is 291 g/mol. The van der Waals surface area contributed by atoms with Crippen molar-refractivity contribution in [3.63, 3.8) is 0 Å². The second kappa shape index (κ2) is 7.08. The number of carbonyl (C=O) groups excluding carboxylic acids is 2. The van der Waals surface area contributed by atoms with Gasteiger partial charge < -0.3 is 15.4 Å². The molecule has 0 saturated heterocycles. The molecule has 0 aromatic heterocycles. The van der Waals surface area contributed by atoms with Crippen LogP contribution in [-0.2, 0) is 11.3 Å². The standard InChI is InChI=1S/C15H21N3O3/c1-10(14(19)18-15(20)16-2)21-13-5-3-4-11(8-13)9-17-12-6-7-12/h3-5,8,10,12,17H,6-7,9H2,1-2H3,(H2,16,18,19,20). The van der Waals surface area contributed by atoms with Crippen molar-refractivity contribution >= 4 is 11.9 Å². The second-order valence-corrected chi connectivity index (χ2v) is 5.13. The summed E-state index contributed by atoms with van der Waals surface area (Å²) < 4.78 is 5.56. The molecule has 114 valence electrons. The summed E-state index contributed by atoms with van der Waals surface area (Å²) >= 11 is 0. The number of nitrogens with one attached hydrogen (secondary N) is 3. The largest absolute Gasteiger partial charge is 0.481 e. The first kappa shape index (κ1) is 15.3. The van der Waals surface area contributed by atoms with E-state index in [2.05, 4.69) is 16.0 Å². The summed E-state index contributed by atoms with van der Waals surface area (Å²) in [6.45, 7) is 2.40. The molecule has 0 radical (unpaired) electrons. The third-order valence-corrected chi connectivity index (χ3v) is 3.22. The van der Waals surface area contributed by atoms with Gasteiger partial charge >= 0.3 is 6.03 Å². The third kappa shape index (κ3) is 5.07. The lowest BCUT2D eigenvalue weighted by atomic mass is 10.2. The maximum Gasteiger partial charge on any atom is 0.321 e. The van der Waals surface area contributed by atoms with Crippen LogP contribution >= 0.6 is 0 Å². The van der Waals surface area contributed by atoms with Crippen molar-refractivity contribution in [2.24, 2.45) is 0 Å². The van der Waals surface area contributed by atoms with Gasteiger partial charge in [-0.05, 0) is 37.5 Å². The van der Waals surface area contributed by atoms with E-state index >= 15 is 0 Å². The first-order valence-electron chi connectivity index (χ1n) is 7.10. The zero-order valence-electron chi connectivity index (χ0n) is 12.3. The quantitative estimate of drug-likeness (QED) is 0.735. The van der Waals surface area contributed by atoms with Crippen molar-refractivity contribution in [2.75, 3.05) is 7.05 Å². The normalized spacial score (nSPS) is 15.1. The molecule has 6 nitrogen and oxygen atoms in total. The Kier molecular flexibility index (Phi) is 5.16. The Morgan fingerprint density at radius 1 is 1.38 bits per heavy atom. The average Bonchev–Trinajstić information content (AvgIpc) is 3.29. The Balaban J connectivity index is 1.87. The lowest BCUT2D eigenvalue weighted by molar-refractivity contribution is -0.126. The fourth-order valence-electron chi connectivity index (χ4n) is 1.81. The topological polar surface area (TPSA) is 79.5 Å². The van der Waals surface area contributed by atoms with Crippen molar-refractivity contribution in [1.29, 1.82) is 0 Å². The Hall–Kier alpha value is -2.08. The number of imide groups is 1. The highest BCUT2D eigenvalue weighted by Gasteiger charge is 2.20. The van der Waals surface area contributed by atoms with Gasteiger partial charge in [0.1, 0.15) is 5.75 Å². The lowest BCUT2D eigenvalue weighted by Gasteiger charge is -2.14. The summed E-state index contributed by atoms with van der Waals surface area (Å²) in [6, 6.07) is 7.70. The van der Waals surface area contributed by atoms with Gasteiger partial charge in [-0.2, -0.15) is 0 Å². The molecule has 1 atom stereocenters. The van der Waals surface area contributed by atoms with Gasteiger partial charge in [-0.25, -0.2) is 4.79 Å². The number of ether oxygens (including phenoxy) is 1. The fourth-order valence-corrected chi connectivity index (χ4v) is 1.81. The van der Waals surface area contributed by atoms with E-state index in [9.17, 15) is 9.59 Å². The van der Waals surface area contributed by atoms with E-state index in [1.54, 1.807) is 13.0 Å². The van der Waals surface area contributed by atoms with Crippen LogP contribution in [0.5, 0.6) is 5.75 Å². The Bertz CT molecular complexity index is 515. The maximum absolute atomic E-state index is 11.7. The zero-order chi connectivity index (χ0) is 15.2. The summed E-state index contributed by atoms with van der Waals surface area (Å²) in [5, 5.41) is 7.93. The molecule has 1 aromatic carbocycles. The van der Waals surface area contributed by atoms with Crippen molar-refractivity contribution < 1.29 is 14.3 Å². The number of carbonyl (C=O) groups is 2. The number of urea groups is 1. The van der Waals surface area contributed by atoms with Crippen LogP contribution in [0.3, 0.4) is 0 Å². The summed E-state index contributed by atoms with van der Waals surface area (Å²) in [4.78, 5) is 22.8. The minimum Gasteiger partial charge on any atom is -0.481 e. The molecule has 0 spiro atoms. The molecule has 1 saturated carbocycles. The Morgan fingerprint density at radius 3 is 2.81 bits per heavy atom. The molecular weight excluding hydrogens is 270 g/mol. The van der Waals surface area contributed by atoms with Gasteiger partial charge in [0.2, 0.25) is 0 Å². The summed E-state index contributed by atoms with van der Waals surface area (Å²) in [6.07, 6.45) is 1.74.